The SMILES string of the molecule is CCCC[N+]1(C)CCNCC1.O=S(=O)([N-]S(=O)(=O)C(F)(F)F)C(F)(F)F. The molecule has 1 heterocycles. The van der Waals surface area contributed by atoms with E-state index in [0.717, 1.165) is 4.13 Å². The van der Waals surface area contributed by atoms with Gasteiger partial charge in [-0.05, 0) is 6.42 Å². The van der Waals surface area contributed by atoms with Gasteiger partial charge in [0.2, 0.25) is 0 Å². The fourth-order valence-electron chi connectivity index (χ4n) is 1.91. The van der Waals surface area contributed by atoms with Crippen LogP contribution in [0.3, 0.4) is 0 Å². The van der Waals surface area contributed by atoms with E-state index in [9.17, 15) is 43.2 Å². The predicted octanol–water partition coefficient (Wildman–Crippen LogP) is 1.90. The van der Waals surface area contributed by atoms with E-state index in [1.807, 2.05) is 0 Å². The van der Waals surface area contributed by atoms with Gasteiger partial charge in [-0.1, -0.05) is 13.3 Å². The summed E-state index contributed by atoms with van der Waals surface area (Å²) in [6.45, 7) is 8.70. The van der Waals surface area contributed by atoms with Crippen LogP contribution >= 0.6 is 0 Å². The third-order valence-electron chi connectivity index (χ3n) is 3.49. The maximum Gasteiger partial charge on any atom is 0.480 e. The van der Waals surface area contributed by atoms with Crippen LogP contribution in [0.1, 0.15) is 19.8 Å². The molecule has 158 valence electrons. The van der Waals surface area contributed by atoms with Crippen molar-refractivity contribution in [3.8, 4) is 0 Å². The molecule has 1 aliphatic rings. The van der Waals surface area contributed by atoms with Crippen LogP contribution in [0.2, 0.25) is 0 Å². The summed E-state index contributed by atoms with van der Waals surface area (Å²) < 4.78 is 110. The molecule has 0 amide bonds. The molecule has 26 heavy (non-hydrogen) atoms. The van der Waals surface area contributed by atoms with Gasteiger partial charge >= 0.3 is 11.0 Å². The highest BCUT2D eigenvalue weighted by Crippen LogP contribution is 2.36. The molecule has 15 heteroatoms. The van der Waals surface area contributed by atoms with Gasteiger partial charge in [0.05, 0.1) is 26.7 Å². The lowest BCUT2D eigenvalue weighted by atomic mass is 10.2. The average molecular weight is 437 g/mol. The van der Waals surface area contributed by atoms with Crippen LogP contribution in [0.4, 0.5) is 26.3 Å². The number of hydrogen-bond donors (Lipinski definition) is 1. The van der Waals surface area contributed by atoms with Gasteiger partial charge in [-0.3, -0.25) is 0 Å². The van der Waals surface area contributed by atoms with Crippen molar-refractivity contribution >= 4 is 20.0 Å². The molecule has 7 nitrogen and oxygen atoms in total. The van der Waals surface area contributed by atoms with Gasteiger partial charge in [0, 0.05) is 13.1 Å². The molecule has 0 aromatic carbocycles. The lowest BCUT2D eigenvalue weighted by Gasteiger charge is -2.38. The second-order valence-corrected chi connectivity index (χ2v) is 9.23. The predicted molar refractivity (Wildman–Crippen MR) is 81.9 cm³/mol. The Kier molecular flexibility index (Phi) is 8.81. The third kappa shape index (κ3) is 7.94. The summed E-state index contributed by atoms with van der Waals surface area (Å²) in [5.74, 6) is 0. The zero-order valence-electron chi connectivity index (χ0n) is 14.1. The van der Waals surface area contributed by atoms with Crippen molar-refractivity contribution in [3.05, 3.63) is 4.13 Å². The van der Waals surface area contributed by atoms with Gasteiger partial charge < -0.3 is 13.9 Å². The van der Waals surface area contributed by atoms with E-state index in [4.69, 9.17) is 0 Å². The molecule has 1 aliphatic heterocycles. The van der Waals surface area contributed by atoms with E-state index in [-0.39, 0.29) is 0 Å². The normalized spacial score (nSPS) is 18.8. The summed E-state index contributed by atoms with van der Waals surface area (Å²) in [5, 5.41) is 3.40. The quantitative estimate of drug-likeness (QED) is 0.524. The Labute approximate surface area is 148 Å². The van der Waals surface area contributed by atoms with Gasteiger partial charge in [0.1, 0.15) is 0 Å². The Bertz CT molecular complexity index is 598. The Hall–Kier alpha value is -0.640. The van der Waals surface area contributed by atoms with Gasteiger partial charge in [-0.2, -0.15) is 26.3 Å². The Morgan fingerprint density at radius 2 is 1.31 bits per heavy atom. The number of rotatable bonds is 5. The highest BCUT2D eigenvalue weighted by molar-refractivity contribution is 8.13. The molecule has 0 spiro atoms. The lowest BCUT2D eigenvalue weighted by molar-refractivity contribution is -0.911. The summed E-state index contributed by atoms with van der Waals surface area (Å²) in [5.41, 5.74) is -12.4. The number of piperazine rings is 1. The topological polar surface area (TPSA) is 94.4 Å². The van der Waals surface area contributed by atoms with Gasteiger partial charge in [0.15, 0.2) is 20.0 Å². The van der Waals surface area contributed by atoms with Crippen molar-refractivity contribution in [3.63, 3.8) is 0 Å². The van der Waals surface area contributed by atoms with E-state index in [0.29, 0.717) is 0 Å². The maximum atomic E-state index is 11.4. The van der Waals surface area contributed by atoms with E-state index in [1.54, 1.807) is 0 Å². The van der Waals surface area contributed by atoms with Crippen LogP contribution in [0.5, 0.6) is 0 Å². The van der Waals surface area contributed by atoms with E-state index >= 15 is 0 Å². The summed E-state index contributed by atoms with van der Waals surface area (Å²) in [7, 11) is -11.1. The molecule has 1 saturated heterocycles. The first kappa shape index (κ1) is 25.4. The first-order valence-corrected chi connectivity index (χ1v) is 10.3. The van der Waals surface area contributed by atoms with E-state index < -0.39 is 31.1 Å². The number of nitrogens with one attached hydrogen (secondary N) is 1. The number of quaternary nitrogens is 1. The fraction of sp³-hybridized carbons (Fsp3) is 1.00. The van der Waals surface area contributed by atoms with Crippen molar-refractivity contribution < 1.29 is 47.7 Å². The standard InChI is InChI=1S/C9H21N2.C2F6NO4S2/c1-3-4-7-11(2)8-5-10-6-9-11;3-1(4,5)14(10,11)9-15(12,13)2(6,7)8/h10H,3-9H2,1-2H3;/q+1;-1. The zero-order chi connectivity index (χ0) is 20.9. The van der Waals surface area contributed by atoms with Crippen LogP contribution < -0.4 is 5.32 Å². The molecule has 0 unspecified atom stereocenters. The van der Waals surface area contributed by atoms with Gasteiger partial charge in [-0.15, -0.1) is 0 Å². The molecule has 1 N–H and O–H groups in total. The minimum absolute atomic E-state index is 0.778. The molecule has 0 aromatic rings. The minimum atomic E-state index is -6.72. The Morgan fingerprint density at radius 1 is 0.923 bits per heavy atom. The first-order valence-electron chi connectivity index (χ1n) is 7.38. The summed E-state index contributed by atoms with van der Waals surface area (Å²) in [6, 6.07) is 0. The third-order valence-corrected chi connectivity index (χ3v) is 6.23. The minimum Gasteiger partial charge on any atom is -0.421 e. The fourth-order valence-corrected chi connectivity index (χ4v) is 3.62. The second-order valence-electron chi connectivity index (χ2n) is 5.81. The zero-order valence-corrected chi connectivity index (χ0v) is 15.7. The largest absolute Gasteiger partial charge is 0.480 e. The van der Waals surface area contributed by atoms with Crippen LogP contribution in [-0.2, 0) is 20.0 Å². The van der Waals surface area contributed by atoms with Crippen LogP contribution in [0.25, 0.3) is 4.13 Å². The average Bonchev–Trinajstić information content (AvgIpc) is 2.43. The van der Waals surface area contributed by atoms with Crippen LogP contribution in [0.15, 0.2) is 0 Å². The van der Waals surface area contributed by atoms with Crippen molar-refractivity contribution in [1.29, 1.82) is 0 Å². The number of nitrogens with zero attached hydrogens (tertiary/aromatic N) is 2. The van der Waals surface area contributed by atoms with E-state index in [1.165, 1.54) is 50.0 Å². The number of halogens is 6. The lowest BCUT2D eigenvalue weighted by Crippen LogP contribution is -2.56. The monoisotopic (exact) mass is 437 g/mol. The Balaban J connectivity index is 0.000000502. The number of sulfonamides is 2. The number of unbranched alkanes of at least 4 members (excludes halogenated alkanes) is 1. The summed E-state index contributed by atoms with van der Waals surface area (Å²) in [6.07, 6.45) is 2.72. The molecular formula is C11H21F6N3O4S2. The van der Waals surface area contributed by atoms with Crippen molar-refractivity contribution in [2.45, 2.75) is 30.8 Å². The van der Waals surface area contributed by atoms with Crippen LogP contribution in [-0.4, -0.2) is 72.1 Å². The van der Waals surface area contributed by atoms with Gasteiger partial charge in [0.25, 0.3) is 0 Å². The van der Waals surface area contributed by atoms with Crippen LogP contribution in [0, 0.1) is 0 Å². The number of alkyl halides is 6. The molecule has 0 aliphatic carbocycles. The van der Waals surface area contributed by atoms with Crippen molar-refractivity contribution in [1.82, 2.24) is 5.32 Å². The highest BCUT2D eigenvalue weighted by atomic mass is 32.3. The second kappa shape index (κ2) is 9.03. The maximum absolute atomic E-state index is 11.4. The first-order chi connectivity index (χ1) is 11.5. The number of likely N-dealkylation sites (N-methyl/N-ethyl adjacent to an activating group) is 1. The molecule has 0 bridgehead atoms. The molecule has 0 saturated carbocycles. The molecule has 0 aromatic heterocycles. The highest BCUT2D eigenvalue weighted by Gasteiger charge is 2.46. The molecule has 1 fully saturated rings. The summed E-state index contributed by atoms with van der Waals surface area (Å²) >= 11 is 0. The smallest absolute Gasteiger partial charge is 0.421 e. The van der Waals surface area contributed by atoms with Crippen molar-refractivity contribution in [2.24, 2.45) is 0 Å². The van der Waals surface area contributed by atoms with Gasteiger partial charge in [-0.25, -0.2) is 16.8 Å². The molecule has 0 radical (unpaired) electrons. The van der Waals surface area contributed by atoms with Crippen molar-refractivity contribution in [2.75, 3.05) is 39.8 Å². The van der Waals surface area contributed by atoms with E-state index in [2.05, 4.69) is 19.3 Å². The molecule has 0 atom stereocenters. The number of hydrogen-bond acceptors (Lipinski definition) is 5. The summed E-state index contributed by atoms with van der Waals surface area (Å²) in [4.78, 5) is 0. The Morgan fingerprint density at radius 3 is 1.62 bits per heavy atom. The molecule has 1 rings (SSSR count). The molecular weight excluding hydrogens is 416 g/mol.